The van der Waals surface area contributed by atoms with Crippen LogP contribution in [-0.4, -0.2) is 20.6 Å². The Morgan fingerprint density at radius 1 is 1.55 bits per heavy atom. The molecule has 20 heavy (non-hydrogen) atoms. The van der Waals surface area contributed by atoms with Crippen molar-refractivity contribution in [2.24, 2.45) is 7.05 Å². The first-order valence-electron chi connectivity index (χ1n) is 5.33. The van der Waals surface area contributed by atoms with Crippen molar-refractivity contribution >= 4 is 44.8 Å². The predicted octanol–water partition coefficient (Wildman–Crippen LogP) is 3.00. The molecule has 7 nitrogen and oxygen atoms in total. The summed E-state index contributed by atoms with van der Waals surface area (Å²) < 4.78 is 1.89. The maximum absolute atomic E-state index is 12.1. The van der Waals surface area contributed by atoms with E-state index in [-0.39, 0.29) is 22.1 Å². The number of nitro groups is 1. The quantitative estimate of drug-likeness (QED) is 0.674. The van der Waals surface area contributed by atoms with Gasteiger partial charge in [0.1, 0.15) is 5.69 Å². The molecule has 2 aromatic rings. The minimum Gasteiger partial charge on any atom is -0.319 e. The van der Waals surface area contributed by atoms with E-state index in [1.165, 1.54) is 29.1 Å². The second-order valence-electron chi connectivity index (χ2n) is 3.84. The van der Waals surface area contributed by atoms with Gasteiger partial charge in [-0.1, -0.05) is 11.6 Å². The lowest BCUT2D eigenvalue weighted by atomic mass is 10.2. The number of benzene rings is 1. The summed E-state index contributed by atoms with van der Waals surface area (Å²) >= 11 is 9.12. The Kier molecular flexibility index (Phi) is 4.05. The van der Waals surface area contributed by atoms with Gasteiger partial charge in [0.2, 0.25) is 0 Å². The predicted molar refractivity (Wildman–Crippen MR) is 77.0 cm³/mol. The third-order valence-electron chi connectivity index (χ3n) is 2.52. The average molecular weight is 360 g/mol. The second-order valence-corrected chi connectivity index (χ2v) is 5.10. The maximum atomic E-state index is 12.1. The van der Waals surface area contributed by atoms with E-state index in [9.17, 15) is 14.9 Å². The van der Waals surface area contributed by atoms with Gasteiger partial charge in [-0.05, 0) is 22.0 Å². The molecule has 1 amide bonds. The number of halogens is 2. The number of nitro benzene ring substituents is 1. The highest BCUT2D eigenvalue weighted by molar-refractivity contribution is 9.10. The van der Waals surface area contributed by atoms with E-state index in [1.54, 1.807) is 7.05 Å². The second kappa shape index (κ2) is 5.59. The van der Waals surface area contributed by atoms with Crippen molar-refractivity contribution in [1.29, 1.82) is 0 Å². The summed E-state index contributed by atoms with van der Waals surface area (Å²) in [5, 5.41) is 17.4. The summed E-state index contributed by atoms with van der Waals surface area (Å²) in [7, 11) is 1.61. The number of rotatable bonds is 3. The third-order valence-corrected chi connectivity index (χ3v) is 3.43. The van der Waals surface area contributed by atoms with Crippen molar-refractivity contribution in [3.63, 3.8) is 0 Å². The molecule has 0 fully saturated rings. The normalized spacial score (nSPS) is 10.3. The Morgan fingerprint density at radius 3 is 2.80 bits per heavy atom. The number of amides is 1. The van der Waals surface area contributed by atoms with E-state index in [2.05, 4.69) is 26.3 Å². The van der Waals surface area contributed by atoms with Crippen LogP contribution in [0, 0.1) is 10.1 Å². The summed E-state index contributed by atoms with van der Waals surface area (Å²) in [5.41, 5.74) is 0.292. The van der Waals surface area contributed by atoms with Crippen molar-refractivity contribution in [2.45, 2.75) is 0 Å². The minimum atomic E-state index is -0.564. The number of aryl methyl sites for hydroxylation is 1. The molecule has 0 aliphatic rings. The van der Waals surface area contributed by atoms with Crippen LogP contribution in [0.25, 0.3) is 0 Å². The number of carbonyl (C=O) groups excluding carboxylic acids is 1. The Morgan fingerprint density at radius 2 is 2.25 bits per heavy atom. The van der Waals surface area contributed by atoms with Crippen molar-refractivity contribution in [1.82, 2.24) is 9.78 Å². The standard InChI is InChI=1S/C11H8BrClN4O3/c1-16-10(7(12)5-14-16)11(18)15-9-4-6(17(19)20)2-3-8(9)13/h2-5H,1H3,(H,15,18). The molecule has 9 heteroatoms. The fourth-order valence-corrected chi connectivity index (χ4v) is 2.26. The van der Waals surface area contributed by atoms with Crippen LogP contribution < -0.4 is 5.32 Å². The molecule has 1 aromatic carbocycles. The number of hydrogen-bond acceptors (Lipinski definition) is 4. The van der Waals surface area contributed by atoms with Crippen LogP contribution >= 0.6 is 27.5 Å². The van der Waals surface area contributed by atoms with Gasteiger partial charge in [-0.2, -0.15) is 5.10 Å². The number of aromatic nitrogens is 2. The van der Waals surface area contributed by atoms with Crippen LogP contribution in [0.1, 0.15) is 10.5 Å². The molecule has 0 aliphatic carbocycles. The topological polar surface area (TPSA) is 90.1 Å². The molecule has 0 radical (unpaired) electrons. The van der Waals surface area contributed by atoms with Crippen LogP contribution in [0.15, 0.2) is 28.9 Å². The summed E-state index contributed by atoms with van der Waals surface area (Å²) in [4.78, 5) is 22.3. The third kappa shape index (κ3) is 2.81. The number of nitrogens with one attached hydrogen (secondary N) is 1. The van der Waals surface area contributed by atoms with Gasteiger partial charge >= 0.3 is 0 Å². The zero-order chi connectivity index (χ0) is 14.9. The zero-order valence-corrected chi connectivity index (χ0v) is 12.5. The number of anilines is 1. The van der Waals surface area contributed by atoms with Gasteiger partial charge in [0, 0.05) is 19.2 Å². The molecule has 104 valence electrons. The smallest absolute Gasteiger partial charge is 0.275 e. The molecular formula is C11H8BrClN4O3. The monoisotopic (exact) mass is 358 g/mol. The molecule has 0 saturated carbocycles. The fraction of sp³-hybridized carbons (Fsp3) is 0.0909. The van der Waals surface area contributed by atoms with Crippen LogP contribution in [0.4, 0.5) is 11.4 Å². The molecule has 1 N–H and O–H groups in total. The van der Waals surface area contributed by atoms with E-state index in [4.69, 9.17) is 11.6 Å². The summed E-state index contributed by atoms with van der Waals surface area (Å²) in [6.07, 6.45) is 1.48. The van der Waals surface area contributed by atoms with E-state index in [0.717, 1.165) is 0 Å². The van der Waals surface area contributed by atoms with Gasteiger partial charge in [0.15, 0.2) is 0 Å². The van der Waals surface area contributed by atoms with Crippen LogP contribution in [-0.2, 0) is 7.05 Å². The Hall–Kier alpha value is -1.93. The Balaban J connectivity index is 2.33. The summed E-state index contributed by atoms with van der Waals surface area (Å²) in [6.45, 7) is 0. The van der Waals surface area contributed by atoms with Crippen molar-refractivity contribution in [3.05, 3.63) is 49.7 Å². The zero-order valence-electron chi connectivity index (χ0n) is 10.1. The largest absolute Gasteiger partial charge is 0.319 e. The van der Waals surface area contributed by atoms with Crippen LogP contribution in [0.3, 0.4) is 0 Å². The lowest BCUT2D eigenvalue weighted by Gasteiger charge is -2.07. The van der Waals surface area contributed by atoms with Crippen LogP contribution in [0.2, 0.25) is 5.02 Å². The van der Waals surface area contributed by atoms with E-state index < -0.39 is 10.8 Å². The minimum absolute atomic E-state index is 0.159. The molecule has 0 bridgehead atoms. The first-order chi connectivity index (χ1) is 9.40. The van der Waals surface area contributed by atoms with Gasteiger partial charge in [-0.15, -0.1) is 0 Å². The highest BCUT2D eigenvalue weighted by atomic mass is 79.9. The SMILES string of the molecule is Cn1ncc(Br)c1C(=O)Nc1cc([N+](=O)[O-])ccc1Cl. The number of non-ortho nitro benzene ring substituents is 1. The van der Waals surface area contributed by atoms with Gasteiger partial charge in [-0.3, -0.25) is 19.6 Å². The van der Waals surface area contributed by atoms with Gasteiger partial charge in [0.05, 0.1) is 26.3 Å². The molecule has 0 aliphatic heterocycles. The van der Waals surface area contributed by atoms with E-state index >= 15 is 0 Å². The van der Waals surface area contributed by atoms with Crippen molar-refractivity contribution in [2.75, 3.05) is 5.32 Å². The van der Waals surface area contributed by atoms with Gasteiger partial charge in [0.25, 0.3) is 11.6 Å². The molecule has 2 rings (SSSR count). The molecule has 0 spiro atoms. The number of carbonyl (C=O) groups is 1. The molecule has 1 heterocycles. The van der Waals surface area contributed by atoms with E-state index in [1.807, 2.05) is 0 Å². The van der Waals surface area contributed by atoms with Crippen molar-refractivity contribution < 1.29 is 9.72 Å². The number of hydrogen-bond donors (Lipinski definition) is 1. The molecule has 1 aromatic heterocycles. The molecule has 0 unspecified atom stereocenters. The highest BCUT2D eigenvalue weighted by Gasteiger charge is 2.18. The van der Waals surface area contributed by atoms with E-state index in [0.29, 0.717) is 4.47 Å². The number of nitrogens with zero attached hydrogens (tertiary/aromatic N) is 3. The first kappa shape index (κ1) is 14.5. The average Bonchev–Trinajstić information content (AvgIpc) is 2.71. The fourth-order valence-electron chi connectivity index (χ4n) is 1.57. The molecule has 0 atom stereocenters. The lowest BCUT2D eigenvalue weighted by Crippen LogP contribution is -2.17. The summed E-state index contributed by atoms with van der Waals surface area (Å²) in [5.74, 6) is -0.473. The van der Waals surface area contributed by atoms with Gasteiger partial charge < -0.3 is 5.32 Å². The maximum Gasteiger partial charge on any atom is 0.275 e. The first-order valence-corrected chi connectivity index (χ1v) is 6.50. The molecular weight excluding hydrogens is 352 g/mol. The Bertz CT molecular complexity index is 681. The van der Waals surface area contributed by atoms with Gasteiger partial charge in [-0.25, -0.2) is 0 Å². The molecule has 0 saturated heterocycles. The van der Waals surface area contributed by atoms with Crippen molar-refractivity contribution in [3.8, 4) is 0 Å². The Labute approximate surface area is 126 Å². The highest BCUT2D eigenvalue weighted by Crippen LogP contribution is 2.27. The lowest BCUT2D eigenvalue weighted by molar-refractivity contribution is -0.384. The summed E-state index contributed by atoms with van der Waals surface area (Å²) in [6, 6.07) is 3.82. The van der Waals surface area contributed by atoms with Crippen LogP contribution in [0.5, 0.6) is 0 Å².